The average Bonchev–Trinajstić information content (AvgIpc) is 2.97. The molecule has 0 aliphatic carbocycles. The number of aromatic hydroxyl groups is 1. The highest BCUT2D eigenvalue weighted by Crippen LogP contribution is 2.20. The molecule has 0 bridgehead atoms. The van der Waals surface area contributed by atoms with E-state index in [1.54, 1.807) is 6.07 Å². The number of imidazole rings is 2. The van der Waals surface area contributed by atoms with Crippen molar-refractivity contribution in [3.63, 3.8) is 0 Å². The highest BCUT2D eigenvalue weighted by molar-refractivity contribution is 5.80. The second-order valence-electron chi connectivity index (χ2n) is 4.54. The number of H-pyrrole nitrogens is 2. The molecule has 20 heavy (non-hydrogen) atoms. The van der Waals surface area contributed by atoms with Gasteiger partial charge in [-0.05, 0) is 24.3 Å². The van der Waals surface area contributed by atoms with Gasteiger partial charge >= 0.3 is 5.69 Å². The molecule has 0 radical (unpaired) electrons. The van der Waals surface area contributed by atoms with E-state index in [1.807, 2.05) is 24.3 Å². The number of hydrogen-bond acceptors (Lipinski definition) is 3. The van der Waals surface area contributed by atoms with Crippen molar-refractivity contribution in [2.75, 3.05) is 0 Å². The monoisotopic (exact) mass is 266 g/mol. The average molecular weight is 266 g/mol. The van der Waals surface area contributed by atoms with E-state index in [-0.39, 0.29) is 11.4 Å². The summed E-state index contributed by atoms with van der Waals surface area (Å²) < 4.78 is 1.45. The number of aromatic amines is 2. The summed E-state index contributed by atoms with van der Waals surface area (Å²) in [7, 11) is 0. The van der Waals surface area contributed by atoms with E-state index < -0.39 is 0 Å². The lowest BCUT2D eigenvalue weighted by atomic mass is 10.3. The number of rotatable bonds is 1. The summed E-state index contributed by atoms with van der Waals surface area (Å²) in [5, 5.41) is 9.46. The van der Waals surface area contributed by atoms with Crippen LogP contribution in [0.25, 0.3) is 28.0 Å². The lowest BCUT2D eigenvalue weighted by molar-refractivity contribution is 0.476. The van der Waals surface area contributed by atoms with Crippen LogP contribution in [-0.4, -0.2) is 24.6 Å². The SMILES string of the molecule is O=c1[nH]c2cc(O)ccc2n1-c1nc2ccccc2[nH]1. The Morgan fingerprint density at radius 3 is 2.75 bits per heavy atom. The molecule has 0 spiro atoms. The molecular formula is C14H10N4O2. The van der Waals surface area contributed by atoms with Gasteiger partial charge in [0.05, 0.1) is 22.1 Å². The molecular weight excluding hydrogens is 256 g/mol. The Morgan fingerprint density at radius 2 is 1.90 bits per heavy atom. The van der Waals surface area contributed by atoms with Crippen molar-refractivity contribution < 1.29 is 5.11 Å². The lowest BCUT2D eigenvalue weighted by Gasteiger charge is -1.98. The van der Waals surface area contributed by atoms with Crippen LogP contribution in [0.5, 0.6) is 5.75 Å². The summed E-state index contributed by atoms with van der Waals surface area (Å²) in [6, 6.07) is 12.3. The molecule has 2 aromatic carbocycles. The minimum Gasteiger partial charge on any atom is -0.508 e. The molecule has 0 saturated heterocycles. The number of para-hydroxylation sites is 2. The third kappa shape index (κ3) is 1.45. The molecule has 4 aromatic rings. The number of phenolic OH excluding ortho intramolecular Hbond substituents is 1. The summed E-state index contributed by atoms with van der Waals surface area (Å²) in [6.07, 6.45) is 0. The van der Waals surface area contributed by atoms with Gasteiger partial charge in [-0.25, -0.2) is 14.3 Å². The number of nitrogens with zero attached hydrogens (tertiary/aromatic N) is 2. The van der Waals surface area contributed by atoms with Crippen LogP contribution in [0.3, 0.4) is 0 Å². The van der Waals surface area contributed by atoms with Gasteiger partial charge in [0, 0.05) is 6.07 Å². The van der Waals surface area contributed by atoms with Crippen molar-refractivity contribution in [1.82, 2.24) is 19.5 Å². The van der Waals surface area contributed by atoms with Gasteiger partial charge in [0.2, 0.25) is 5.95 Å². The van der Waals surface area contributed by atoms with Crippen LogP contribution >= 0.6 is 0 Å². The van der Waals surface area contributed by atoms with Gasteiger partial charge in [0.25, 0.3) is 0 Å². The normalized spacial score (nSPS) is 11.4. The van der Waals surface area contributed by atoms with E-state index in [0.717, 1.165) is 11.0 Å². The highest BCUT2D eigenvalue weighted by Gasteiger charge is 2.12. The maximum atomic E-state index is 12.1. The van der Waals surface area contributed by atoms with Gasteiger partial charge in [-0.3, -0.25) is 0 Å². The van der Waals surface area contributed by atoms with Crippen LogP contribution in [-0.2, 0) is 0 Å². The minimum atomic E-state index is -0.301. The first kappa shape index (κ1) is 10.9. The third-order valence-electron chi connectivity index (χ3n) is 3.25. The quantitative estimate of drug-likeness (QED) is 0.491. The largest absolute Gasteiger partial charge is 0.508 e. The van der Waals surface area contributed by atoms with E-state index in [2.05, 4.69) is 15.0 Å². The molecule has 4 rings (SSSR count). The standard InChI is InChI=1S/C14H10N4O2/c19-8-5-6-12-11(7-8)17-14(20)18(12)13-15-9-3-1-2-4-10(9)16-13/h1-7,19H,(H,15,16)(H,17,20). The molecule has 98 valence electrons. The molecule has 0 fully saturated rings. The van der Waals surface area contributed by atoms with Crippen LogP contribution < -0.4 is 5.69 Å². The van der Waals surface area contributed by atoms with Crippen molar-refractivity contribution in [1.29, 1.82) is 0 Å². The van der Waals surface area contributed by atoms with Crippen molar-refractivity contribution in [3.8, 4) is 11.7 Å². The van der Waals surface area contributed by atoms with Gasteiger partial charge in [-0.2, -0.15) is 0 Å². The minimum absolute atomic E-state index is 0.107. The molecule has 2 heterocycles. The second kappa shape index (κ2) is 3.74. The molecule has 0 unspecified atom stereocenters. The Balaban J connectivity index is 2.06. The Morgan fingerprint density at radius 1 is 1.05 bits per heavy atom. The van der Waals surface area contributed by atoms with Gasteiger partial charge in [-0.1, -0.05) is 12.1 Å². The zero-order valence-corrected chi connectivity index (χ0v) is 10.3. The molecule has 0 aliphatic rings. The molecule has 6 heteroatoms. The van der Waals surface area contributed by atoms with Crippen molar-refractivity contribution >= 4 is 22.1 Å². The van der Waals surface area contributed by atoms with Gasteiger partial charge < -0.3 is 15.1 Å². The summed E-state index contributed by atoms with van der Waals surface area (Å²) >= 11 is 0. The van der Waals surface area contributed by atoms with Crippen LogP contribution in [0.2, 0.25) is 0 Å². The second-order valence-corrected chi connectivity index (χ2v) is 4.54. The Bertz CT molecular complexity index is 960. The van der Waals surface area contributed by atoms with Crippen molar-refractivity contribution in [2.45, 2.75) is 0 Å². The zero-order valence-electron chi connectivity index (χ0n) is 10.3. The highest BCUT2D eigenvalue weighted by atomic mass is 16.3. The molecule has 2 aromatic heterocycles. The number of aromatic nitrogens is 4. The Labute approximate surface area is 112 Å². The molecule has 0 atom stereocenters. The molecule has 0 aliphatic heterocycles. The number of fused-ring (bicyclic) bond motifs is 2. The fourth-order valence-corrected chi connectivity index (χ4v) is 2.36. The Kier molecular flexibility index (Phi) is 2.03. The van der Waals surface area contributed by atoms with Gasteiger partial charge in [-0.15, -0.1) is 0 Å². The van der Waals surface area contributed by atoms with Gasteiger partial charge in [0.15, 0.2) is 0 Å². The first-order valence-corrected chi connectivity index (χ1v) is 6.11. The van der Waals surface area contributed by atoms with Gasteiger partial charge in [0.1, 0.15) is 5.75 Å². The molecule has 6 nitrogen and oxygen atoms in total. The summed E-state index contributed by atoms with van der Waals surface area (Å²) in [5.41, 5.74) is 2.58. The lowest BCUT2D eigenvalue weighted by Crippen LogP contribution is -2.15. The fourth-order valence-electron chi connectivity index (χ4n) is 2.36. The molecule has 0 saturated carbocycles. The number of nitrogens with one attached hydrogen (secondary N) is 2. The first-order chi connectivity index (χ1) is 9.72. The first-order valence-electron chi connectivity index (χ1n) is 6.11. The van der Waals surface area contributed by atoms with Crippen LogP contribution in [0.4, 0.5) is 0 Å². The van der Waals surface area contributed by atoms with Crippen LogP contribution in [0.15, 0.2) is 47.3 Å². The number of benzene rings is 2. The Hall–Kier alpha value is -3.02. The maximum Gasteiger partial charge on any atom is 0.333 e. The van der Waals surface area contributed by atoms with Crippen LogP contribution in [0, 0.1) is 0 Å². The zero-order chi connectivity index (χ0) is 13.7. The predicted octanol–water partition coefficient (Wildman–Crippen LogP) is 1.90. The van der Waals surface area contributed by atoms with E-state index >= 15 is 0 Å². The number of hydrogen-bond donors (Lipinski definition) is 3. The predicted molar refractivity (Wildman–Crippen MR) is 75.2 cm³/mol. The third-order valence-corrected chi connectivity index (χ3v) is 3.25. The summed E-state index contributed by atoms with van der Waals surface area (Å²) in [4.78, 5) is 22.3. The smallest absolute Gasteiger partial charge is 0.333 e. The topological polar surface area (TPSA) is 86.7 Å². The molecule has 0 amide bonds. The number of phenols is 1. The molecule has 3 N–H and O–H groups in total. The van der Waals surface area contributed by atoms with E-state index in [1.165, 1.54) is 16.7 Å². The maximum absolute atomic E-state index is 12.1. The summed E-state index contributed by atoms with van der Waals surface area (Å²) in [5.74, 6) is 0.559. The fraction of sp³-hybridized carbons (Fsp3) is 0. The van der Waals surface area contributed by atoms with E-state index in [0.29, 0.717) is 17.0 Å². The van der Waals surface area contributed by atoms with Crippen molar-refractivity contribution in [3.05, 3.63) is 52.9 Å². The van der Waals surface area contributed by atoms with Crippen molar-refractivity contribution in [2.24, 2.45) is 0 Å². The van der Waals surface area contributed by atoms with E-state index in [9.17, 15) is 9.90 Å². The van der Waals surface area contributed by atoms with Crippen LogP contribution in [0.1, 0.15) is 0 Å². The van der Waals surface area contributed by atoms with E-state index in [4.69, 9.17) is 0 Å². The summed E-state index contributed by atoms with van der Waals surface area (Å²) in [6.45, 7) is 0.